The van der Waals surface area contributed by atoms with Crippen LogP contribution in [0.2, 0.25) is 0 Å². The molecule has 0 spiro atoms. The van der Waals surface area contributed by atoms with Gasteiger partial charge in [0, 0.05) is 6.04 Å². The number of nitrogens with zero attached hydrogens (tertiary/aromatic N) is 2. The summed E-state index contributed by atoms with van der Waals surface area (Å²) in [5.41, 5.74) is 1.75. The largest absolute Gasteiger partial charge is 0.444 e. The van der Waals surface area contributed by atoms with Crippen molar-refractivity contribution in [2.24, 2.45) is 0 Å². The molecule has 1 N–H and O–H groups in total. The van der Waals surface area contributed by atoms with Crippen LogP contribution in [0.3, 0.4) is 0 Å². The zero-order valence-electron chi connectivity index (χ0n) is 10.8. The molecule has 1 aromatic rings. The number of hydrogen-bond acceptors (Lipinski definition) is 3. The minimum atomic E-state index is -0.453. The van der Waals surface area contributed by atoms with E-state index in [1.54, 1.807) is 4.90 Å². The van der Waals surface area contributed by atoms with Gasteiger partial charge in [-0.25, -0.2) is 4.79 Å². The molecular formula is C12H19N3O2. The van der Waals surface area contributed by atoms with Crippen LogP contribution in [0.25, 0.3) is 0 Å². The highest BCUT2D eigenvalue weighted by Gasteiger charge is 2.31. The summed E-state index contributed by atoms with van der Waals surface area (Å²) in [7, 11) is 0. The van der Waals surface area contributed by atoms with Crippen LogP contribution in [0, 0.1) is 0 Å². The first-order valence-corrected chi connectivity index (χ1v) is 5.87. The molecule has 1 aromatic heterocycles. The number of amides is 1. The maximum absolute atomic E-state index is 12.0. The molecule has 1 aliphatic heterocycles. The summed E-state index contributed by atoms with van der Waals surface area (Å²) in [5.74, 6) is 0. The van der Waals surface area contributed by atoms with Gasteiger partial charge in [0.15, 0.2) is 0 Å². The molecule has 0 bridgehead atoms. The highest BCUT2D eigenvalue weighted by Crippen LogP contribution is 2.23. The molecule has 17 heavy (non-hydrogen) atoms. The number of aromatic amines is 1. The summed E-state index contributed by atoms with van der Waals surface area (Å²) >= 11 is 0. The summed E-state index contributed by atoms with van der Waals surface area (Å²) < 4.78 is 5.39. The summed E-state index contributed by atoms with van der Waals surface area (Å²) in [6.45, 7) is 8.20. The van der Waals surface area contributed by atoms with Crippen LogP contribution in [0.5, 0.6) is 0 Å². The molecule has 0 saturated heterocycles. The molecule has 1 amide bonds. The van der Waals surface area contributed by atoms with E-state index < -0.39 is 5.60 Å². The van der Waals surface area contributed by atoms with Crippen molar-refractivity contribution >= 4 is 6.09 Å². The fraction of sp³-hybridized carbons (Fsp3) is 0.667. The first-order chi connectivity index (χ1) is 7.87. The van der Waals surface area contributed by atoms with Gasteiger partial charge in [-0.15, -0.1) is 0 Å². The predicted molar refractivity (Wildman–Crippen MR) is 63.5 cm³/mol. The number of hydrogen-bond donors (Lipinski definition) is 1. The summed E-state index contributed by atoms with van der Waals surface area (Å²) in [4.78, 5) is 13.8. The Labute approximate surface area is 101 Å². The molecule has 5 nitrogen and oxygen atoms in total. The van der Waals surface area contributed by atoms with E-state index in [1.807, 2.05) is 33.9 Å². The number of rotatable bonds is 0. The normalized spacial score (nSPS) is 20.0. The van der Waals surface area contributed by atoms with E-state index in [0.29, 0.717) is 6.54 Å². The number of carbonyl (C=O) groups is 1. The monoisotopic (exact) mass is 237 g/mol. The molecule has 0 aliphatic carbocycles. The van der Waals surface area contributed by atoms with Crippen molar-refractivity contribution in [1.82, 2.24) is 15.1 Å². The lowest BCUT2D eigenvalue weighted by atomic mass is 10.0. The van der Waals surface area contributed by atoms with E-state index in [9.17, 15) is 4.79 Å². The lowest BCUT2D eigenvalue weighted by Gasteiger charge is -2.34. The second-order valence-corrected chi connectivity index (χ2v) is 5.54. The predicted octanol–water partition coefficient (Wildman–Crippen LogP) is 2.09. The number of carbonyl (C=O) groups excluding carboxylic acids is 1. The highest BCUT2D eigenvalue weighted by molar-refractivity contribution is 5.69. The highest BCUT2D eigenvalue weighted by atomic mass is 16.6. The molecule has 5 heteroatoms. The minimum Gasteiger partial charge on any atom is -0.444 e. The van der Waals surface area contributed by atoms with E-state index >= 15 is 0 Å². The lowest BCUT2D eigenvalue weighted by molar-refractivity contribution is 0.0135. The fourth-order valence-corrected chi connectivity index (χ4v) is 1.97. The number of fused-ring (bicyclic) bond motifs is 1. The second-order valence-electron chi connectivity index (χ2n) is 5.54. The van der Waals surface area contributed by atoms with Crippen LogP contribution in [0.1, 0.15) is 39.0 Å². The number of nitrogens with one attached hydrogen (secondary N) is 1. The minimum absolute atomic E-state index is 0.148. The van der Waals surface area contributed by atoms with Crippen molar-refractivity contribution in [3.8, 4) is 0 Å². The molecular weight excluding hydrogens is 218 g/mol. The van der Waals surface area contributed by atoms with Crippen molar-refractivity contribution in [2.45, 2.75) is 52.3 Å². The van der Waals surface area contributed by atoms with Crippen molar-refractivity contribution in [3.05, 3.63) is 17.5 Å². The van der Waals surface area contributed by atoms with Crippen LogP contribution in [-0.2, 0) is 17.7 Å². The van der Waals surface area contributed by atoms with Gasteiger partial charge in [-0.2, -0.15) is 5.10 Å². The Bertz CT molecular complexity index is 420. The number of ether oxygens (including phenoxy) is 1. The first kappa shape index (κ1) is 12.0. The molecule has 94 valence electrons. The average Bonchev–Trinajstić information content (AvgIpc) is 2.60. The van der Waals surface area contributed by atoms with Crippen molar-refractivity contribution in [1.29, 1.82) is 0 Å². The third kappa shape index (κ3) is 2.60. The molecule has 1 atom stereocenters. The molecule has 0 radical (unpaired) electrons. The van der Waals surface area contributed by atoms with E-state index in [-0.39, 0.29) is 12.1 Å². The summed E-state index contributed by atoms with van der Waals surface area (Å²) in [5, 5.41) is 6.93. The Balaban J connectivity index is 2.10. The average molecular weight is 237 g/mol. The fourth-order valence-electron chi connectivity index (χ4n) is 1.97. The SMILES string of the molecule is C[C@H]1Cc2cn[nH]c2CN1C(=O)OC(C)(C)C. The smallest absolute Gasteiger partial charge is 0.410 e. The van der Waals surface area contributed by atoms with Crippen LogP contribution in [0.4, 0.5) is 4.79 Å². The summed E-state index contributed by atoms with van der Waals surface area (Å²) in [6, 6.07) is 0.148. The van der Waals surface area contributed by atoms with Gasteiger partial charge >= 0.3 is 6.09 Å². The van der Waals surface area contributed by atoms with Crippen LogP contribution < -0.4 is 0 Å². The standard InChI is InChI=1S/C12H19N3O2/c1-8-5-9-6-13-14-10(9)7-15(8)11(16)17-12(2,3)4/h6,8H,5,7H2,1-4H3,(H,13,14)/t8-/m0/s1. The molecule has 2 rings (SSSR count). The van der Waals surface area contributed by atoms with Gasteiger partial charge < -0.3 is 4.74 Å². The summed E-state index contributed by atoms with van der Waals surface area (Å²) in [6.07, 6.45) is 2.40. The Morgan fingerprint density at radius 1 is 1.59 bits per heavy atom. The van der Waals surface area contributed by atoms with Gasteiger partial charge in [-0.3, -0.25) is 10.00 Å². The van der Waals surface area contributed by atoms with Gasteiger partial charge in [-0.1, -0.05) is 0 Å². The van der Waals surface area contributed by atoms with Gasteiger partial charge in [0.25, 0.3) is 0 Å². The number of H-pyrrole nitrogens is 1. The Morgan fingerprint density at radius 3 is 2.94 bits per heavy atom. The van der Waals surface area contributed by atoms with Gasteiger partial charge in [0.2, 0.25) is 0 Å². The van der Waals surface area contributed by atoms with Gasteiger partial charge in [0.05, 0.1) is 18.4 Å². The van der Waals surface area contributed by atoms with Crippen LogP contribution in [0.15, 0.2) is 6.20 Å². The molecule has 0 unspecified atom stereocenters. The van der Waals surface area contributed by atoms with E-state index in [0.717, 1.165) is 12.1 Å². The van der Waals surface area contributed by atoms with Gasteiger partial charge in [-0.05, 0) is 39.7 Å². The third-order valence-electron chi connectivity index (χ3n) is 2.81. The molecule has 1 aliphatic rings. The van der Waals surface area contributed by atoms with Crippen molar-refractivity contribution in [2.75, 3.05) is 0 Å². The Kier molecular flexibility index (Phi) is 2.85. The van der Waals surface area contributed by atoms with E-state index in [2.05, 4.69) is 10.2 Å². The van der Waals surface area contributed by atoms with Crippen molar-refractivity contribution < 1.29 is 9.53 Å². The second kappa shape index (κ2) is 4.05. The molecule has 0 saturated carbocycles. The first-order valence-electron chi connectivity index (χ1n) is 5.87. The van der Waals surface area contributed by atoms with E-state index in [4.69, 9.17) is 4.74 Å². The van der Waals surface area contributed by atoms with E-state index in [1.165, 1.54) is 5.56 Å². The van der Waals surface area contributed by atoms with Crippen LogP contribution >= 0.6 is 0 Å². The van der Waals surface area contributed by atoms with Crippen molar-refractivity contribution in [3.63, 3.8) is 0 Å². The number of aromatic nitrogens is 2. The quantitative estimate of drug-likeness (QED) is 0.751. The third-order valence-corrected chi connectivity index (χ3v) is 2.81. The maximum atomic E-state index is 12.0. The van der Waals surface area contributed by atoms with Crippen LogP contribution in [-0.4, -0.2) is 32.8 Å². The molecule has 0 fully saturated rings. The zero-order chi connectivity index (χ0) is 12.6. The van der Waals surface area contributed by atoms with Gasteiger partial charge in [0.1, 0.15) is 5.60 Å². The Hall–Kier alpha value is -1.52. The molecule has 2 heterocycles. The lowest BCUT2D eigenvalue weighted by Crippen LogP contribution is -2.45. The molecule has 0 aromatic carbocycles. The maximum Gasteiger partial charge on any atom is 0.410 e. The zero-order valence-corrected chi connectivity index (χ0v) is 10.8. The Morgan fingerprint density at radius 2 is 2.29 bits per heavy atom. The topological polar surface area (TPSA) is 58.2 Å².